The lowest BCUT2D eigenvalue weighted by Crippen LogP contribution is -2.06. The SMILES string of the molecule is Clc1ccc2c(NCCCCCCCBr)c3c(nc2c1)-c1ccccc1C3. The van der Waals surface area contributed by atoms with Crippen LogP contribution in [0.5, 0.6) is 0 Å². The number of halogens is 2. The van der Waals surface area contributed by atoms with Gasteiger partial charge in [-0.1, -0.05) is 71.1 Å². The zero-order chi connectivity index (χ0) is 18.6. The molecule has 1 aliphatic carbocycles. The van der Waals surface area contributed by atoms with E-state index in [-0.39, 0.29) is 0 Å². The third-order valence-corrected chi connectivity index (χ3v) is 6.10. The molecule has 1 N–H and O–H groups in total. The standard InChI is InChI=1S/C23H24BrClN2/c24-12-6-2-1-3-7-13-26-22-19-11-10-17(25)15-21(19)27-23-18-9-5-4-8-16(18)14-20(22)23/h4-5,8-11,15H,1-3,6-7,12-14H2,(H,26,27). The highest BCUT2D eigenvalue weighted by atomic mass is 79.9. The van der Waals surface area contributed by atoms with Gasteiger partial charge in [0.05, 0.1) is 11.2 Å². The molecule has 2 aromatic carbocycles. The van der Waals surface area contributed by atoms with Crippen molar-refractivity contribution < 1.29 is 0 Å². The van der Waals surface area contributed by atoms with Gasteiger partial charge in [0.25, 0.3) is 0 Å². The Morgan fingerprint density at radius 1 is 1.00 bits per heavy atom. The van der Waals surface area contributed by atoms with Crippen LogP contribution in [0.1, 0.15) is 43.2 Å². The number of rotatable bonds is 8. The monoisotopic (exact) mass is 442 g/mol. The van der Waals surface area contributed by atoms with E-state index in [0.29, 0.717) is 0 Å². The maximum Gasteiger partial charge on any atom is 0.0768 e. The fraction of sp³-hybridized carbons (Fsp3) is 0.348. The molecule has 1 heterocycles. The molecule has 27 heavy (non-hydrogen) atoms. The quantitative estimate of drug-likeness (QED) is 0.230. The van der Waals surface area contributed by atoms with Crippen LogP contribution in [-0.4, -0.2) is 16.9 Å². The minimum Gasteiger partial charge on any atom is -0.384 e. The first-order valence-corrected chi connectivity index (χ1v) is 11.3. The molecule has 0 spiro atoms. The first kappa shape index (κ1) is 18.8. The van der Waals surface area contributed by atoms with Crippen molar-refractivity contribution in [2.45, 2.75) is 38.5 Å². The summed E-state index contributed by atoms with van der Waals surface area (Å²) in [4.78, 5) is 4.97. The second-order valence-corrected chi connectivity index (χ2v) is 8.42. The molecule has 0 bridgehead atoms. The first-order valence-electron chi connectivity index (χ1n) is 9.78. The van der Waals surface area contributed by atoms with E-state index in [1.807, 2.05) is 12.1 Å². The van der Waals surface area contributed by atoms with Crippen LogP contribution in [0, 0.1) is 0 Å². The zero-order valence-electron chi connectivity index (χ0n) is 15.4. The third kappa shape index (κ3) is 4.00. The molecule has 0 fully saturated rings. The lowest BCUT2D eigenvalue weighted by molar-refractivity contribution is 0.649. The van der Waals surface area contributed by atoms with E-state index in [9.17, 15) is 0 Å². The molecule has 1 aromatic heterocycles. The minimum absolute atomic E-state index is 0.735. The van der Waals surface area contributed by atoms with Crippen LogP contribution in [-0.2, 0) is 6.42 Å². The average Bonchev–Trinajstić information content (AvgIpc) is 3.05. The second-order valence-electron chi connectivity index (χ2n) is 7.19. The molecule has 0 saturated carbocycles. The molecule has 1 aliphatic rings. The van der Waals surface area contributed by atoms with E-state index >= 15 is 0 Å². The number of pyridine rings is 1. The van der Waals surface area contributed by atoms with Crippen molar-refractivity contribution in [3.8, 4) is 11.3 Å². The van der Waals surface area contributed by atoms with Gasteiger partial charge in [0.15, 0.2) is 0 Å². The lowest BCUT2D eigenvalue weighted by Gasteiger charge is -2.15. The Labute approximate surface area is 174 Å². The van der Waals surface area contributed by atoms with Gasteiger partial charge in [-0.25, -0.2) is 4.98 Å². The molecule has 4 heteroatoms. The first-order chi connectivity index (χ1) is 13.3. The van der Waals surface area contributed by atoms with Crippen LogP contribution in [0.15, 0.2) is 42.5 Å². The van der Waals surface area contributed by atoms with Crippen molar-refractivity contribution in [3.63, 3.8) is 0 Å². The van der Waals surface area contributed by atoms with Crippen LogP contribution in [0.2, 0.25) is 5.02 Å². The van der Waals surface area contributed by atoms with Crippen molar-refractivity contribution >= 4 is 44.1 Å². The maximum atomic E-state index is 6.25. The Balaban J connectivity index is 1.60. The van der Waals surface area contributed by atoms with Crippen molar-refractivity contribution in [1.29, 1.82) is 0 Å². The fourth-order valence-electron chi connectivity index (χ4n) is 3.93. The van der Waals surface area contributed by atoms with Crippen molar-refractivity contribution in [1.82, 2.24) is 4.98 Å². The highest BCUT2D eigenvalue weighted by Crippen LogP contribution is 2.42. The van der Waals surface area contributed by atoms with E-state index < -0.39 is 0 Å². The van der Waals surface area contributed by atoms with Gasteiger partial charge >= 0.3 is 0 Å². The van der Waals surface area contributed by atoms with Crippen LogP contribution < -0.4 is 5.32 Å². The second kappa shape index (κ2) is 8.62. The summed E-state index contributed by atoms with van der Waals surface area (Å²) < 4.78 is 0. The van der Waals surface area contributed by atoms with Crippen molar-refractivity contribution in [2.75, 3.05) is 17.2 Å². The Morgan fingerprint density at radius 2 is 1.81 bits per heavy atom. The van der Waals surface area contributed by atoms with Gasteiger partial charge in [0.2, 0.25) is 0 Å². The molecule has 0 saturated heterocycles. The molecule has 0 atom stereocenters. The van der Waals surface area contributed by atoms with E-state index in [1.165, 1.54) is 59.9 Å². The predicted octanol–water partition coefficient (Wildman–Crippen LogP) is 7.22. The highest BCUT2D eigenvalue weighted by Gasteiger charge is 2.24. The molecular weight excluding hydrogens is 420 g/mol. The average molecular weight is 444 g/mol. The smallest absolute Gasteiger partial charge is 0.0768 e. The van der Waals surface area contributed by atoms with Gasteiger partial charge in [0.1, 0.15) is 0 Å². The number of fused-ring (bicyclic) bond motifs is 4. The number of alkyl halides is 1. The van der Waals surface area contributed by atoms with Crippen molar-refractivity contribution in [2.24, 2.45) is 0 Å². The number of nitrogens with zero attached hydrogens (tertiary/aromatic N) is 1. The maximum absolute atomic E-state index is 6.25. The largest absolute Gasteiger partial charge is 0.384 e. The molecule has 2 nitrogen and oxygen atoms in total. The van der Waals surface area contributed by atoms with Gasteiger partial charge in [0, 0.05) is 45.5 Å². The number of hydrogen-bond donors (Lipinski definition) is 1. The summed E-state index contributed by atoms with van der Waals surface area (Å²) in [5.41, 5.74) is 7.26. The van der Waals surface area contributed by atoms with Gasteiger partial charge in [-0.15, -0.1) is 0 Å². The van der Waals surface area contributed by atoms with Crippen LogP contribution in [0.3, 0.4) is 0 Å². The molecule has 0 radical (unpaired) electrons. The summed E-state index contributed by atoms with van der Waals surface area (Å²) in [6, 6.07) is 14.6. The molecule has 140 valence electrons. The molecule has 0 unspecified atom stereocenters. The Morgan fingerprint density at radius 3 is 2.70 bits per heavy atom. The summed E-state index contributed by atoms with van der Waals surface area (Å²) in [7, 11) is 0. The zero-order valence-corrected chi connectivity index (χ0v) is 17.7. The Kier molecular flexibility index (Phi) is 5.99. The third-order valence-electron chi connectivity index (χ3n) is 5.30. The van der Waals surface area contributed by atoms with Crippen LogP contribution in [0.4, 0.5) is 5.69 Å². The number of unbranched alkanes of at least 4 members (excludes halogenated alkanes) is 4. The van der Waals surface area contributed by atoms with E-state index in [0.717, 1.165) is 34.5 Å². The highest BCUT2D eigenvalue weighted by molar-refractivity contribution is 9.09. The summed E-state index contributed by atoms with van der Waals surface area (Å²) in [5, 5.41) is 6.76. The van der Waals surface area contributed by atoms with Gasteiger partial charge in [-0.3, -0.25) is 0 Å². The number of hydrogen-bond acceptors (Lipinski definition) is 2. The summed E-state index contributed by atoms with van der Waals surface area (Å²) >= 11 is 9.75. The molecule has 0 aliphatic heterocycles. The normalized spacial score (nSPS) is 12.2. The van der Waals surface area contributed by atoms with Crippen LogP contribution in [0.25, 0.3) is 22.2 Å². The van der Waals surface area contributed by atoms with Crippen molar-refractivity contribution in [3.05, 3.63) is 58.6 Å². The number of anilines is 1. The van der Waals surface area contributed by atoms with E-state index in [1.54, 1.807) is 0 Å². The van der Waals surface area contributed by atoms with E-state index in [2.05, 4.69) is 51.6 Å². The number of nitrogens with one attached hydrogen (secondary N) is 1. The summed E-state index contributed by atoms with van der Waals surface area (Å²) in [6.45, 7) is 0.999. The van der Waals surface area contributed by atoms with Crippen LogP contribution >= 0.6 is 27.5 Å². The molecular formula is C23H24BrClN2. The topological polar surface area (TPSA) is 24.9 Å². The van der Waals surface area contributed by atoms with Gasteiger partial charge in [-0.05, 0) is 36.6 Å². The summed E-state index contributed by atoms with van der Waals surface area (Å²) in [6.07, 6.45) is 7.31. The lowest BCUT2D eigenvalue weighted by atomic mass is 10.1. The summed E-state index contributed by atoms with van der Waals surface area (Å²) in [5.74, 6) is 0. The molecule has 3 aromatic rings. The van der Waals surface area contributed by atoms with E-state index in [4.69, 9.17) is 16.6 Å². The molecule has 4 rings (SSSR count). The van der Waals surface area contributed by atoms with Gasteiger partial charge in [-0.2, -0.15) is 0 Å². The Bertz CT molecular complexity index is 955. The Hall–Kier alpha value is -1.58. The minimum atomic E-state index is 0.735. The molecule has 0 amide bonds. The number of aromatic nitrogens is 1. The fourth-order valence-corrected chi connectivity index (χ4v) is 4.50. The van der Waals surface area contributed by atoms with Gasteiger partial charge < -0.3 is 5.32 Å². The number of benzene rings is 2. The predicted molar refractivity (Wildman–Crippen MR) is 120 cm³/mol.